The fraction of sp³-hybridized carbons (Fsp3) is 0.750. The van der Waals surface area contributed by atoms with E-state index >= 15 is 0 Å². The van der Waals surface area contributed by atoms with Gasteiger partial charge < -0.3 is 15.6 Å². The highest BCUT2D eigenvalue weighted by molar-refractivity contribution is 5.71. The van der Waals surface area contributed by atoms with Crippen LogP contribution >= 0.6 is 0 Å². The molecule has 140 valence electrons. The van der Waals surface area contributed by atoms with Gasteiger partial charge in [0.1, 0.15) is 11.2 Å². The topological polar surface area (TPSA) is 72.5 Å². The number of allylic oxidation sites excluding steroid dienone is 1. The molecule has 0 saturated heterocycles. The molecule has 0 aliphatic rings. The molecule has 2 atom stereocenters. The molecule has 24 heavy (non-hydrogen) atoms. The second-order valence-corrected chi connectivity index (χ2v) is 7.96. The largest absolute Gasteiger partial charge is 0.460 e. The molecule has 0 fully saturated rings. The Balaban J connectivity index is 5.16. The quantitative estimate of drug-likeness (QED) is 0.515. The molecule has 0 saturated carbocycles. The molecule has 0 radical (unpaired) electrons. The normalized spacial score (nSPS) is 17.6. The Morgan fingerprint density at radius 1 is 1.21 bits per heavy atom. The van der Waals surface area contributed by atoms with E-state index in [2.05, 4.69) is 13.8 Å². The van der Waals surface area contributed by atoms with E-state index in [1.165, 1.54) is 0 Å². The summed E-state index contributed by atoms with van der Waals surface area (Å²) in [4.78, 5) is 11.9. The smallest absolute Gasteiger partial charge is 0.310 e. The van der Waals surface area contributed by atoms with Crippen LogP contribution in [0.1, 0.15) is 74.7 Å². The number of aliphatic hydroxyl groups is 1. The molecule has 0 aromatic carbocycles. The minimum absolute atomic E-state index is 0.0415. The number of nitrogens with two attached hydrogens (primary N) is 1. The van der Waals surface area contributed by atoms with Crippen LogP contribution in [0.15, 0.2) is 23.3 Å². The molecule has 4 nitrogen and oxygen atoms in total. The van der Waals surface area contributed by atoms with Crippen LogP contribution in [-0.4, -0.2) is 28.3 Å². The van der Waals surface area contributed by atoms with Gasteiger partial charge in [0, 0.05) is 6.04 Å². The van der Waals surface area contributed by atoms with Gasteiger partial charge in [0.25, 0.3) is 0 Å². The van der Waals surface area contributed by atoms with Crippen molar-refractivity contribution in [1.82, 2.24) is 0 Å². The summed E-state index contributed by atoms with van der Waals surface area (Å²) >= 11 is 0. The number of ether oxygens (including phenoxy) is 1. The zero-order valence-corrected chi connectivity index (χ0v) is 16.8. The molecule has 0 aliphatic heterocycles. The molecule has 1 unspecified atom stereocenters. The summed E-state index contributed by atoms with van der Waals surface area (Å²) in [7, 11) is 0. The van der Waals surface area contributed by atoms with Crippen LogP contribution in [0.4, 0.5) is 0 Å². The van der Waals surface area contributed by atoms with E-state index < -0.39 is 11.2 Å². The van der Waals surface area contributed by atoms with Crippen LogP contribution in [0.2, 0.25) is 0 Å². The van der Waals surface area contributed by atoms with E-state index in [0.717, 1.165) is 17.6 Å². The molecule has 3 N–H and O–H groups in total. The van der Waals surface area contributed by atoms with Crippen LogP contribution in [0, 0.1) is 5.92 Å². The van der Waals surface area contributed by atoms with Gasteiger partial charge in [-0.2, -0.15) is 0 Å². The maximum absolute atomic E-state index is 11.9. The second kappa shape index (κ2) is 9.38. The van der Waals surface area contributed by atoms with Crippen LogP contribution in [0.25, 0.3) is 0 Å². The van der Waals surface area contributed by atoms with Crippen molar-refractivity contribution in [3.05, 3.63) is 23.3 Å². The Labute approximate surface area is 148 Å². The zero-order chi connectivity index (χ0) is 19.1. The van der Waals surface area contributed by atoms with Gasteiger partial charge in [-0.1, -0.05) is 26.0 Å². The zero-order valence-electron chi connectivity index (χ0n) is 16.8. The number of esters is 1. The van der Waals surface area contributed by atoms with Gasteiger partial charge in [0.2, 0.25) is 0 Å². The van der Waals surface area contributed by atoms with E-state index in [1.54, 1.807) is 6.08 Å². The Hall–Kier alpha value is -1.13. The summed E-state index contributed by atoms with van der Waals surface area (Å²) in [5, 5.41) is 11.2. The van der Waals surface area contributed by atoms with Gasteiger partial charge in [-0.15, -0.1) is 0 Å². The lowest BCUT2D eigenvalue weighted by molar-refractivity contribution is -0.153. The van der Waals surface area contributed by atoms with Crippen molar-refractivity contribution in [2.24, 2.45) is 11.7 Å². The summed E-state index contributed by atoms with van der Waals surface area (Å²) in [5.74, 6) is 0.0763. The molecule has 0 aromatic heterocycles. The third-order valence-electron chi connectivity index (χ3n) is 4.43. The molecular weight excluding hydrogens is 302 g/mol. The van der Waals surface area contributed by atoms with Crippen molar-refractivity contribution in [3.8, 4) is 0 Å². The van der Waals surface area contributed by atoms with E-state index in [1.807, 2.05) is 47.6 Å². The van der Waals surface area contributed by atoms with Crippen LogP contribution < -0.4 is 5.73 Å². The maximum atomic E-state index is 11.9. The lowest BCUT2D eigenvalue weighted by atomic mass is 9.80. The second-order valence-electron chi connectivity index (χ2n) is 7.96. The van der Waals surface area contributed by atoms with E-state index in [4.69, 9.17) is 10.5 Å². The van der Waals surface area contributed by atoms with Crippen molar-refractivity contribution >= 4 is 5.97 Å². The molecule has 0 aromatic rings. The molecule has 4 heteroatoms. The van der Waals surface area contributed by atoms with Gasteiger partial charge in [0.15, 0.2) is 0 Å². The van der Waals surface area contributed by atoms with Gasteiger partial charge in [-0.05, 0) is 71.4 Å². The Morgan fingerprint density at radius 2 is 1.75 bits per heavy atom. The van der Waals surface area contributed by atoms with E-state index in [-0.39, 0.29) is 18.4 Å². The van der Waals surface area contributed by atoms with Gasteiger partial charge in [-0.3, -0.25) is 4.79 Å². The Morgan fingerprint density at radius 3 is 2.17 bits per heavy atom. The van der Waals surface area contributed by atoms with Crippen molar-refractivity contribution in [2.75, 3.05) is 0 Å². The third kappa shape index (κ3) is 7.63. The molecule has 0 rings (SSSR count). The Kier molecular flexibility index (Phi) is 8.94. The lowest BCUT2D eigenvalue weighted by Gasteiger charge is -2.32. The van der Waals surface area contributed by atoms with Crippen molar-refractivity contribution in [2.45, 2.75) is 91.9 Å². The molecule has 0 heterocycles. The van der Waals surface area contributed by atoms with Crippen molar-refractivity contribution in [1.29, 1.82) is 0 Å². The van der Waals surface area contributed by atoms with E-state index in [9.17, 15) is 9.90 Å². The predicted octanol–water partition coefficient (Wildman–Crippen LogP) is 4.13. The lowest BCUT2D eigenvalue weighted by Crippen LogP contribution is -2.36. The summed E-state index contributed by atoms with van der Waals surface area (Å²) in [5.41, 5.74) is 6.20. The van der Waals surface area contributed by atoms with Crippen LogP contribution in [0.3, 0.4) is 0 Å². The number of rotatable bonds is 8. The highest BCUT2D eigenvalue weighted by atomic mass is 16.6. The van der Waals surface area contributed by atoms with Crippen LogP contribution in [-0.2, 0) is 9.53 Å². The first-order valence-electron chi connectivity index (χ1n) is 8.84. The predicted molar refractivity (Wildman–Crippen MR) is 101 cm³/mol. The van der Waals surface area contributed by atoms with Crippen LogP contribution in [0.5, 0.6) is 0 Å². The average Bonchev–Trinajstić information content (AvgIpc) is 2.46. The average molecular weight is 340 g/mol. The molecule has 0 aliphatic carbocycles. The minimum Gasteiger partial charge on any atom is -0.460 e. The molecular formula is C20H37NO3. The fourth-order valence-corrected chi connectivity index (χ4v) is 2.44. The minimum atomic E-state index is -1.07. The highest BCUT2D eigenvalue weighted by Gasteiger charge is 2.31. The number of carbonyl (C=O) groups excluding carboxylic acids is 1. The monoisotopic (exact) mass is 339 g/mol. The highest BCUT2D eigenvalue weighted by Crippen LogP contribution is 2.32. The van der Waals surface area contributed by atoms with Gasteiger partial charge in [0.05, 0.1) is 6.42 Å². The van der Waals surface area contributed by atoms with E-state index in [0.29, 0.717) is 12.3 Å². The number of hydrogen-bond acceptors (Lipinski definition) is 4. The van der Waals surface area contributed by atoms with Crippen molar-refractivity contribution < 1.29 is 14.6 Å². The molecule has 0 amide bonds. The van der Waals surface area contributed by atoms with Gasteiger partial charge >= 0.3 is 5.97 Å². The summed E-state index contributed by atoms with van der Waals surface area (Å²) in [6.45, 7) is 15.4. The summed E-state index contributed by atoms with van der Waals surface area (Å²) in [6.07, 6.45) is 5.09. The van der Waals surface area contributed by atoms with Crippen molar-refractivity contribution in [3.63, 3.8) is 0 Å². The standard InChI is InChI=1S/C20H37NO3/c1-9-15(4)20(23,13-12-17(21)14(2)3)16(5)10-11-18(22)24-19(6,7)8/h9-10,14,17,23H,11-13,21H2,1-8H3/t17?,20-/m1/s1. The first-order chi connectivity index (χ1) is 10.8. The summed E-state index contributed by atoms with van der Waals surface area (Å²) in [6, 6.07) is 0.0415. The first-order valence-corrected chi connectivity index (χ1v) is 8.84. The number of carbonyl (C=O) groups is 1. The molecule has 0 spiro atoms. The fourth-order valence-electron chi connectivity index (χ4n) is 2.44. The molecule has 0 bridgehead atoms. The summed E-state index contributed by atoms with van der Waals surface area (Å²) < 4.78 is 5.32. The third-order valence-corrected chi connectivity index (χ3v) is 4.43. The SMILES string of the molecule is CC=C(C)[C@](O)(CCC(N)C(C)C)C(C)=CCC(=O)OC(C)(C)C. The Bertz CT molecular complexity index is 472. The maximum Gasteiger partial charge on any atom is 0.310 e. The first kappa shape index (κ1) is 22.9. The van der Waals surface area contributed by atoms with Gasteiger partial charge in [-0.25, -0.2) is 0 Å². The number of hydrogen-bond donors (Lipinski definition) is 2.